The fourth-order valence-corrected chi connectivity index (χ4v) is 2.74. The van der Waals surface area contributed by atoms with E-state index in [0.717, 1.165) is 16.4 Å². The topological polar surface area (TPSA) is 83.6 Å². The lowest BCUT2D eigenvalue weighted by Gasteiger charge is -2.18. The Morgan fingerprint density at radius 2 is 1.84 bits per heavy atom. The first-order valence-corrected chi connectivity index (χ1v) is 6.99. The fourth-order valence-electron chi connectivity index (χ4n) is 1.47. The van der Waals surface area contributed by atoms with Gasteiger partial charge in [0.1, 0.15) is 11.6 Å². The number of nitrogen functional groups attached to an aromatic ring is 1. The van der Waals surface area contributed by atoms with E-state index in [4.69, 9.17) is 10.8 Å². The van der Waals surface area contributed by atoms with Crippen molar-refractivity contribution in [1.29, 1.82) is 0 Å². The predicted molar refractivity (Wildman–Crippen MR) is 66.9 cm³/mol. The molecule has 0 bridgehead atoms. The lowest BCUT2D eigenvalue weighted by molar-refractivity contribution is 0.177. The van der Waals surface area contributed by atoms with Crippen LogP contribution in [-0.2, 0) is 10.0 Å². The molecule has 0 saturated carbocycles. The van der Waals surface area contributed by atoms with Crippen molar-refractivity contribution >= 4 is 15.7 Å². The molecule has 0 amide bonds. The van der Waals surface area contributed by atoms with Crippen molar-refractivity contribution < 1.29 is 22.3 Å². The highest BCUT2D eigenvalue weighted by Gasteiger charge is 2.28. The molecule has 108 valence electrons. The molecule has 5 nitrogen and oxygen atoms in total. The van der Waals surface area contributed by atoms with Crippen molar-refractivity contribution in [3.8, 4) is 0 Å². The molecule has 1 unspecified atom stereocenters. The molecular weight excluding hydrogens is 278 g/mol. The van der Waals surface area contributed by atoms with Crippen molar-refractivity contribution in [3.63, 3.8) is 0 Å². The van der Waals surface area contributed by atoms with Crippen molar-refractivity contribution in [2.24, 2.45) is 0 Å². The third kappa shape index (κ3) is 3.62. The molecule has 0 aromatic heterocycles. The highest BCUT2D eigenvalue weighted by molar-refractivity contribution is 7.89. The highest BCUT2D eigenvalue weighted by Crippen LogP contribution is 2.24. The first-order chi connectivity index (χ1) is 8.66. The van der Waals surface area contributed by atoms with Crippen LogP contribution < -0.4 is 5.73 Å². The Morgan fingerprint density at radius 3 is 2.26 bits per heavy atom. The van der Waals surface area contributed by atoms with Crippen LogP contribution in [-0.4, -0.2) is 37.5 Å². The molecule has 0 heterocycles. The molecule has 19 heavy (non-hydrogen) atoms. The van der Waals surface area contributed by atoms with Gasteiger partial charge in [0, 0.05) is 19.3 Å². The summed E-state index contributed by atoms with van der Waals surface area (Å²) in [4.78, 5) is -1.03. The number of anilines is 1. The van der Waals surface area contributed by atoms with Crippen LogP contribution in [0.2, 0.25) is 0 Å². The second kappa shape index (κ2) is 5.81. The molecule has 0 aliphatic carbocycles. The van der Waals surface area contributed by atoms with Crippen LogP contribution in [0.3, 0.4) is 0 Å². The van der Waals surface area contributed by atoms with Gasteiger partial charge in [0.2, 0.25) is 10.0 Å². The molecule has 0 aliphatic heterocycles. The first kappa shape index (κ1) is 15.8. The summed E-state index contributed by atoms with van der Waals surface area (Å²) in [6, 6.07) is 1.50. The van der Waals surface area contributed by atoms with Gasteiger partial charge in [0.15, 0.2) is 4.90 Å². The summed E-state index contributed by atoms with van der Waals surface area (Å²) >= 11 is 0. The van der Waals surface area contributed by atoms with Gasteiger partial charge in [-0.25, -0.2) is 21.5 Å². The summed E-state index contributed by atoms with van der Waals surface area (Å²) in [5, 5.41) is 9.10. The van der Waals surface area contributed by atoms with E-state index in [1.165, 1.54) is 14.0 Å². The zero-order valence-corrected chi connectivity index (χ0v) is 11.4. The number of rotatable bonds is 5. The summed E-state index contributed by atoms with van der Waals surface area (Å²) in [5.74, 6) is -2.47. The molecule has 0 radical (unpaired) electrons. The summed E-state index contributed by atoms with van der Waals surface area (Å²) in [5.41, 5.74) is 5.03. The summed E-state index contributed by atoms with van der Waals surface area (Å²) < 4.78 is 52.0. The SMILES string of the molecule is CC(O)CCN(C)S(=O)(=O)c1c(F)cc(N)cc1F. The minimum atomic E-state index is -4.30. The Morgan fingerprint density at radius 1 is 1.37 bits per heavy atom. The van der Waals surface area contributed by atoms with E-state index in [9.17, 15) is 17.2 Å². The smallest absolute Gasteiger partial charge is 0.248 e. The molecule has 1 rings (SSSR count). The number of aliphatic hydroxyl groups is 1. The van der Waals surface area contributed by atoms with E-state index in [1.54, 1.807) is 0 Å². The standard InChI is InChI=1S/C11H16F2N2O3S/c1-7(16)3-4-15(2)19(17,18)11-9(12)5-8(14)6-10(11)13/h5-7,16H,3-4,14H2,1-2H3. The van der Waals surface area contributed by atoms with Crippen LogP contribution in [0, 0.1) is 11.6 Å². The first-order valence-electron chi connectivity index (χ1n) is 5.55. The quantitative estimate of drug-likeness (QED) is 0.792. The van der Waals surface area contributed by atoms with E-state index in [2.05, 4.69) is 0 Å². The predicted octanol–water partition coefficient (Wildman–Crippen LogP) is 0.938. The molecule has 0 aliphatic rings. The average Bonchev–Trinajstić information content (AvgIpc) is 2.23. The Bertz CT molecular complexity index is 538. The van der Waals surface area contributed by atoms with Crippen molar-refractivity contribution in [2.75, 3.05) is 19.3 Å². The number of hydrogen-bond donors (Lipinski definition) is 2. The second-order valence-corrected chi connectivity index (χ2v) is 6.26. The third-order valence-electron chi connectivity index (χ3n) is 2.55. The Kier molecular flexibility index (Phi) is 4.83. The minimum absolute atomic E-state index is 0.0523. The lowest BCUT2D eigenvalue weighted by atomic mass is 10.3. The monoisotopic (exact) mass is 294 g/mol. The number of aliphatic hydroxyl groups excluding tert-OH is 1. The van der Waals surface area contributed by atoms with Crippen molar-refractivity contribution in [1.82, 2.24) is 4.31 Å². The van der Waals surface area contributed by atoms with Crippen LogP contribution in [0.4, 0.5) is 14.5 Å². The molecule has 1 aromatic carbocycles. The van der Waals surface area contributed by atoms with Gasteiger partial charge in [-0.3, -0.25) is 0 Å². The Balaban J connectivity index is 3.14. The maximum Gasteiger partial charge on any atom is 0.248 e. The molecule has 1 aromatic rings. The van der Waals surface area contributed by atoms with Crippen LogP contribution in [0.25, 0.3) is 0 Å². The minimum Gasteiger partial charge on any atom is -0.399 e. The molecule has 8 heteroatoms. The van der Waals surface area contributed by atoms with Gasteiger partial charge < -0.3 is 10.8 Å². The Hall–Kier alpha value is -1.25. The summed E-state index contributed by atoms with van der Waals surface area (Å²) in [6.45, 7) is 1.44. The van der Waals surface area contributed by atoms with Gasteiger partial charge in [-0.2, -0.15) is 0 Å². The van der Waals surface area contributed by atoms with Crippen molar-refractivity contribution in [3.05, 3.63) is 23.8 Å². The molecule has 3 N–H and O–H groups in total. The maximum absolute atomic E-state index is 13.6. The lowest BCUT2D eigenvalue weighted by Crippen LogP contribution is -2.31. The van der Waals surface area contributed by atoms with Gasteiger partial charge in [-0.1, -0.05) is 0 Å². The number of halogens is 2. The van der Waals surface area contributed by atoms with Gasteiger partial charge in [-0.05, 0) is 25.5 Å². The number of sulfonamides is 1. The van der Waals surface area contributed by atoms with Gasteiger partial charge in [0.05, 0.1) is 6.10 Å². The molecular formula is C11H16F2N2O3S. The van der Waals surface area contributed by atoms with E-state index >= 15 is 0 Å². The van der Waals surface area contributed by atoms with E-state index in [1.807, 2.05) is 0 Å². The van der Waals surface area contributed by atoms with E-state index in [0.29, 0.717) is 0 Å². The molecule has 0 fully saturated rings. The van der Waals surface area contributed by atoms with Gasteiger partial charge in [0.25, 0.3) is 0 Å². The number of nitrogens with zero attached hydrogens (tertiary/aromatic N) is 1. The largest absolute Gasteiger partial charge is 0.399 e. The second-order valence-electron chi connectivity index (χ2n) is 4.28. The number of hydrogen-bond acceptors (Lipinski definition) is 4. The number of benzene rings is 1. The Labute approximate surface area is 110 Å². The molecule has 0 saturated heterocycles. The van der Waals surface area contributed by atoms with Crippen LogP contribution in [0.5, 0.6) is 0 Å². The zero-order valence-electron chi connectivity index (χ0n) is 10.6. The van der Waals surface area contributed by atoms with Crippen LogP contribution in [0.15, 0.2) is 17.0 Å². The maximum atomic E-state index is 13.6. The average molecular weight is 294 g/mol. The summed E-state index contributed by atoms with van der Waals surface area (Å²) in [6.07, 6.45) is -0.549. The van der Waals surface area contributed by atoms with E-state index < -0.39 is 32.7 Å². The zero-order chi connectivity index (χ0) is 14.8. The molecule has 0 spiro atoms. The van der Waals surface area contributed by atoms with Crippen LogP contribution in [0.1, 0.15) is 13.3 Å². The van der Waals surface area contributed by atoms with Crippen molar-refractivity contribution in [2.45, 2.75) is 24.3 Å². The fraction of sp³-hybridized carbons (Fsp3) is 0.455. The van der Waals surface area contributed by atoms with Crippen LogP contribution >= 0.6 is 0 Å². The van der Waals surface area contributed by atoms with Gasteiger partial charge in [-0.15, -0.1) is 0 Å². The normalized spacial score (nSPS) is 13.8. The van der Waals surface area contributed by atoms with Gasteiger partial charge >= 0.3 is 0 Å². The summed E-state index contributed by atoms with van der Waals surface area (Å²) in [7, 11) is -3.11. The van der Waals surface area contributed by atoms with E-state index in [-0.39, 0.29) is 18.7 Å². The number of nitrogens with two attached hydrogens (primary N) is 1. The highest BCUT2D eigenvalue weighted by atomic mass is 32.2. The third-order valence-corrected chi connectivity index (χ3v) is 4.46. The molecule has 1 atom stereocenters.